The maximum absolute atomic E-state index is 13.8. The number of piperazine rings is 1. The monoisotopic (exact) mass is 286 g/mol. The summed E-state index contributed by atoms with van der Waals surface area (Å²) in [5, 5.41) is 3.30. The first-order valence-electron chi connectivity index (χ1n) is 6.29. The number of hydrogen-bond acceptors (Lipinski definition) is 2. The average Bonchev–Trinajstić information content (AvgIpc) is 2.31. The molecule has 0 aromatic heterocycles. The zero-order valence-electron chi connectivity index (χ0n) is 11.4. The lowest BCUT2D eigenvalue weighted by Gasteiger charge is -2.37. The highest BCUT2D eigenvalue weighted by molar-refractivity contribution is 5.94. The summed E-state index contributed by atoms with van der Waals surface area (Å²) in [6, 6.07) is 5.09. The number of hydrogen-bond donors (Lipinski definition) is 1. The van der Waals surface area contributed by atoms with Crippen LogP contribution in [0.1, 0.15) is 29.8 Å². The van der Waals surface area contributed by atoms with Crippen molar-refractivity contribution in [3.8, 4) is 0 Å². The number of aryl methyl sites for hydroxylation is 1. The van der Waals surface area contributed by atoms with Crippen LogP contribution in [0, 0.1) is 12.7 Å². The van der Waals surface area contributed by atoms with Crippen LogP contribution in [0.15, 0.2) is 18.2 Å². The molecule has 0 saturated carbocycles. The van der Waals surface area contributed by atoms with Crippen LogP contribution in [0.25, 0.3) is 0 Å². The molecule has 1 aliphatic heterocycles. The molecule has 0 spiro atoms. The summed E-state index contributed by atoms with van der Waals surface area (Å²) in [5.74, 6) is -0.647. The summed E-state index contributed by atoms with van der Waals surface area (Å²) in [7, 11) is 0. The molecule has 2 rings (SSSR count). The van der Waals surface area contributed by atoms with Crippen molar-refractivity contribution in [2.75, 3.05) is 13.1 Å². The number of rotatable bonds is 1. The van der Waals surface area contributed by atoms with Gasteiger partial charge in [0, 0.05) is 25.2 Å². The molecule has 0 aliphatic carbocycles. The Hall–Kier alpha value is -1.13. The van der Waals surface area contributed by atoms with Gasteiger partial charge in [-0.1, -0.05) is 6.07 Å². The molecule has 1 aromatic carbocycles. The van der Waals surface area contributed by atoms with Crippen LogP contribution < -0.4 is 5.32 Å². The summed E-state index contributed by atoms with van der Waals surface area (Å²) in [6.07, 6.45) is 0. The standard InChI is InChI=1S/C14H19FN2O.ClH/c1-9-4-5-12(13(15)6-9)14(18)17-8-10(2)16-7-11(17)3;/h4-6,10-11,16H,7-8H2,1-3H3;1H. The van der Waals surface area contributed by atoms with Crippen LogP contribution in [0.4, 0.5) is 4.39 Å². The number of benzene rings is 1. The maximum Gasteiger partial charge on any atom is 0.257 e. The van der Waals surface area contributed by atoms with Crippen molar-refractivity contribution < 1.29 is 9.18 Å². The maximum atomic E-state index is 13.8. The third kappa shape index (κ3) is 3.45. The summed E-state index contributed by atoms with van der Waals surface area (Å²) >= 11 is 0. The molecule has 1 aliphatic rings. The largest absolute Gasteiger partial charge is 0.333 e. The number of carbonyl (C=O) groups is 1. The summed E-state index contributed by atoms with van der Waals surface area (Å²) < 4.78 is 13.8. The molecule has 1 saturated heterocycles. The molecule has 1 aromatic rings. The predicted molar refractivity (Wildman–Crippen MR) is 76.3 cm³/mol. The normalized spacial score (nSPS) is 22.8. The highest BCUT2D eigenvalue weighted by Crippen LogP contribution is 2.16. The number of halogens is 2. The third-order valence-electron chi connectivity index (χ3n) is 3.38. The summed E-state index contributed by atoms with van der Waals surface area (Å²) in [5.41, 5.74) is 0.993. The van der Waals surface area contributed by atoms with Gasteiger partial charge in [0.2, 0.25) is 0 Å². The van der Waals surface area contributed by atoms with Crippen LogP contribution in [0.3, 0.4) is 0 Å². The van der Waals surface area contributed by atoms with Crippen LogP contribution in [-0.4, -0.2) is 36.0 Å². The molecule has 1 heterocycles. The zero-order chi connectivity index (χ0) is 13.3. The van der Waals surface area contributed by atoms with Gasteiger partial charge in [-0.2, -0.15) is 0 Å². The molecule has 0 bridgehead atoms. The lowest BCUT2D eigenvalue weighted by Crippen LogP contribution is -2.56. The molecule has 1 N–H and O–H groups in total. The van der Waals surface area contributed by atoms with Crippen LogP contribution >= 0.6 is 12.4 Å². The van der Waals surface area contributed by atoms with Crippen molar-refractivity contribution in [3.05, 3.63) is 35.1 Å². The Labute approximate surface area is 119 Å². The lowest BCUT2D eigenvalue weighted by molar-refractivity contribution is 0.0611. The van der Waals surface area contributed by atoms with Gasteiger partial charge in [0.25, 0.3) is 5.91 Å². The van der Waals surface area contributed by atoms with Gasteiger partial charge in [-0.3, -0.25) is 4.79 Å². The van der Waals surface area contributed by atoms with E-state index in [4.69, 9.17) is 0 Å². The van der Waals surface area contributed by atoms with Crippen LogP contribution in [0.2, 0.25) is 0 Å². The smallest absolute Gasteiger partial charge is 0.257 e. The first kappa shape index (κ1) is 15.9. The first-order valence-corrected chi connectivity index (χ1v) is 6.29. The first-order chi connectivity index (χ1) is 8.49. The summed E-state index contributed by atoms with van der Waals surface area (Å²) in [6.45, 7) is 7.18. The fourth-order valence-corrected chi connectivity index (χ4v) is 2.25. The van der Waals surface area contributed by atoms with Gasteiger partial charge in [-0.05, 0) is 38.5 Å². The van der Waals surface area contributed by atoms with Gasteiger partial charge in [0.15, 0.2) is 0 Å². The minimum Gasteiger partial charge on any atom is -0.333 e. The van der Waals surface area contributed by atoms with Crippen molar-refractivity contribution in [1.29, 1.82) is 0 Å². The molecule has 1 fully saturated rings. The van der Waals surface area contributed by atoms with Gasteiger partial charge in [-0.15, -0.1) is 12.4 Å². The van der Waals surface area contributed by atoms with E-state index in [-0.39, 0.29) is 36.0 Å². The van der Waals surface area contributed by atoms with Crippen molar-refractivity contribution >= 4 is 18.3 Å². The van der Waals surface area contributed by atoms with E-state index < -0.39 is 5.82 Å². The Morgan fingerprint density at radius 3 is 2.74 bits per heavy atom. The van der Waals surface area contributed by atoms with Gasteiger partial charge in [-0.25, -0.2) is 4.39 Å². The highest BCUT2D eigenvalue weighted by atomic mass is 35.5. The Morgan fingerprint density at radius 1 is 1.42 bits per heavy atom. The third-order valence-corrected chi connectivity index (χ3v) is 3.38. The Bertz CT molecular complexity index is 467. The quantitative estimate of drug-likeness (QED) is 0.860. The van der Waals surface area contributed by atoms with Crippen molar-refractivity contribution in [1.82, 2.24) is 10.2 Å². The Morgan fingerprint density at radius 2 is 2.11 bits per heavy atom. The average molecular weight is 287 g/mol. The molecule has 106 valence electrons. The van der Waals surface area contributed by atoms with E-state index in [2.05, 4.69) is 5.32 Å². The van der Waals surface area contributed by atoms with Gasteiger partial charge < -0.3 is 10.2 Å². The molecule has 2 atom stereocenters. The molecule has 0 radical (unpaired) electrons. The van der Waals surface area contributed by atoms with Crippen molar-refractivity contribution in [2.45, 2.75) is 32.9 Å². The number of nitrogens with one attached hydrogen (secondary N) is 1. The molecular formula is C14H20ClFN2O. The molecule has 5 heteroatoms. The van der Waals surface area contributed by atoms with E-state index >= 15 is 0 Å². The zero-order valence-corrected chi connectivity index (χ0v) is 12.3. The Kier molecular flexibility index (Phi) is 5.32. The number of carbonyl (C=O) groups excluding carboxylic acids is 1. The second kappa shape index (κ2) is 6.35. The predicted octanol–water partition coefficient (Wildman–Crippen LogP) is 2.38. The minimum absolute atomic E-state index is 0. The van der Waals surface area contributed by atoms with Gasteiger partial charge >= 0.3 is 0 Å². The highest BCUT2D eigenvalue weighted by Gasteiger charge is 2.28. The minimum atomic E-state index is -0.432. The second-order valence-electron chi connectivity index (χ2n) is 5.10. The van der Waals surface area contributed by atoms with Crippen molar-refractivity contribution in [2.24, 2.45) is 0 Å². The van der Waals surface area contributed by atoms with E-state index in [0.717, 1.165) is 12.1 Å². The molecule has 1 amide bonds. The van der Waals surface area contributed by atoms with E-state index in [9.17, 15) is 9.18 Å². The van der Waals surface area contributed by atoms with E-state index in [1.54, 1.807) is 17.0 Å². The number of amides is 1. The van der Waals surface area contributed by atoms with Crippen LogP contribution in [-0.2, 0) is 0 Å². The Balaban J connectivity index is 0.00000180. The fraction of sp³-hybridized carbons (Fsp3) is 0.500. The topological polar surface area (TPSA) is 32.3 Å². The van der Waals surface area contributed by atoms with Crippen molar-refractivity contribution in [3.63, 3.8) is 0 Å². The second-order valence-corrected chi connectivity index (χ2v) is 5.10. The van der Waals surface area contributed by atoms with Gasteiger partial charge in [0.05, 0.1) is 5.56 Å². The van der Waals surface area contributed by atoms with E-state index in [0.29, 0.717) is 6.54 Å². The van der Waals surface area contributed by atoms with E-state index in [1.807, 2.05) is 20.8 Å². The molecule has 3 nitrogen and oxygen atoms in total. The summed E-state index contributed by atoms with van der Waals surface area (Å²) in [4.78, 5) is 14.1. The lowest BCUT2D eigenvalue weighted by atomic mass is 10.1. The number of nitrogens with zero attached hydrogens (tertiary/aromatic N) is 1. The van der Waals surface area contributed by atoms with Crippen LogP contribution in [0.5, 0.6) is 0 Å². The molecular weight excluding hydrogens is 267 g/mol. The molecule has 2 unspecified atom stereocenters. The van der Waals surface area contributed by atoms with Gasteiger partial charge in [0.1, 0.15) is 5.82 Å². The van der Waals surface area contributed by atoms with E-state index in [1.165, 1.54) is 6.07 Å². The molecule has 19 heavy (non-hydrogen) atoms. The fourth-order valence-electron chi connectivity index (χ4n) is 2.25. The SMILES string of the molecule is Cc1ccc(C(=O)N2CC(C)NCC2C)c(F)c1.Cl.